The van der Waals surface area contributed by atoms with Crippen molar-refractivity contribution in [3.05, 3.63) is 69.7 Å². The van der Waals surface area contributed by atoms with Gasteiger partial charge in [-0.05, 0) is 25.6 Å². The first-order valence-corrected chi connectivity index (χ1v) is 7.87. The maximum atomic E-state index is 12.2. The van der Waals surface area contributed by atoms with E-state index < -0.39 is 0 Å². The van der Waals surface area contributed by atoms with Gasteiger partial charge in [-0.1, -0.05) is 64.0 Å². The third kappa shape index (κ3) is 4.80. The number of carbonyl (C=O) groups excluding carboxylic acids is 1. The zero-order valence-corrected chi connectivity index (χ0v) is 14.1. The Balaban J connectivity index is 1.86. The SMILES string of the molecule is Cc1ccc(CN(C)CCC(=O)c2ccccc2Br)cc1. The Bertz CT molecular complexity index is 607. The monoisotopic (exact) mass is 345 g/mol. The van der Waals surface area contributed by atoms with Gasteiger partial charge in [-0.25, -0.2) is 0 Å². The molecule has 2 aromatic carbocycles. The summed E-state index contributed by atoms with van der Waals surface area (Å²) in [6, 6.07) is 16.1. The Labute approximate surface area is 134 Å². The van der Waals surface area contributed by atoms with Crippen LogP contribution in [0.1, 0.15) is 27.9 Å². The summed E-state index contributed by atoms with van der Waals surface area (Å²) < 4.78 is 0.871. The second-order valence-electron chi connectivity index (χ2n) is 5.38. The summed E-state index contributed by atoms with van der Waals surface area (Å²) in [5, 5.41) is 0. The van der Waals surface area contributed by atoms with Gasteiger partial charge >= 0.3 is 0 Å². The van der Waals surface area contributed by atoms with Crippen molar-refractivity contribution in [3.63, 3.8) is 0 Å². The van der Waals surface area contributed by atoms with Crippen LogP contribution in [0.25, 0.3) is 0 Å². The number of nitrogens with zero attached hydrogens (tertiary/aromatic N) is 1. The van der Waals surface area contributed by atoms with Crippen molar-refractivity contribution in [2.24, 2.45) is 0 Å². The number of aryl methyl sites for hydroxylation is 1. The minimum Gasteiger partial charge on any atom is -0.302 e. The molecule has 0 aliphatic rings. The summed E-state index contributed by atoms with van der Waals surface area (Å²) in [6.45, 7) is 3.71. The van der Waals surface area contributed by atoms with E-state index in [1.807, 2.05) is 31.3 Å². The van der Waals surface area contributed by atoms with Gasteiger partial charge in [0.05, 0.1) is 0 Å². The molecule has 0 saturated heterocycles. The Hall–Kier alpha value is -1.45. The predicted octanol–water partition coefficient (Wildman–Crippen LogP) is 4.46. The Kier molecular flexibility index (Phi) is 5.71. The van der Waals surface area contributed by atoms with Gasteiger partial charge in [0.25, 0.3) is 0 Å². The average molecular weight is 346 g/mol. The van der Waals surface area contributed by atoms with Crippen LogP contribution in [0.3, 0.4) is 0 Å². The highest BCUT2D eigenvalue weighted by atomic mass is 79.9. The van der Waals surface area contributed by atoms with Gasteiger partial charge in [-0.15, -0.1) is 0 Å². The third-order valence-electron chi connectivity index (χ3n) is 3.47. The van der Waals surface area contributed by atoms with E-state index in [1.54, 1.807) is 0 Å². The largest absolute Gasteiger partial charge is 0.302 e. The lowest BCUT2D eigenvalue weighted by atomic mass is 10.1. The number of carbonyl (C=O) groups is 1. The number of ketones is 1. The molecule has 2 nitrogen and oxygen atoms in total. The number of halogens is 1. The van der Waals surface area contributed by atoms with Crippen LogP contribution in [0.15, 0.2) is 53.0 Å². The van der Waals surface area contributed by atoms with Crippen LogP contribution in [-0.2, 0) is 6.54 Å². The van der Waals surface area contributed by atoms with E-state index >= 15 is 0 Å². The van der Waals surface area contributed by atoms with Gasteiger partial charge in [0, 0.05) is 29.5 Å². The fraction of sp³-hybridized carbons (Fsp3) is 0.278. The van der Waals surface area contributed by atoms with Crippen molar-refractivity contribution in [1.82, 2.24) is 4.90 Å². The molecule has 0 bridgehead atoms. The molecule has 2 rings (SSSR count). The molecule has 3 heteroatoms. The maximum absolute atomic E-state index is 12.2. The van der Waals surface area contributed by atoms with Crippen LogP contribution in [0.4, 0.5) is 0 Å². The van der Waals surface area contributed by atoms with Crippen LogP contribution in [-0.4, -0.2) is 24.3 Å². The maximum Gasteiger partial charge on any atom is 0.165 e. The van der Waals surface area contributed by atoms with E-state index in [1.165, 1.54) is 11.1 Å². The molecule has 0 spiro atoms. The summed E-state index contributed by atoms with van der Waals surface area (Å²) in [4.78, 5) is 14.4. The molecule has 0 atom stereocenters. The second-order valence-corrected chi connectivity index (χ2v) is 6.23. The average Bonchev–Trinajstić information content (AvgIpc) is 2.48. The van der Waals surface area contributed by atoms with Crippen LogP contribution >= 0.6 is 15.9 Å². The fourth-order valence-corrected chi connectivity index (χ4v) is 2.70. The number of hydrogen-bond acceptors (Lipinski definition) is 2. The molecule has 0 heterocycles. The van der Waals surface area contributed by atoms with Gasteiger partial charge in [-0.2, -0.15) is 0 Å². The second kappa shape index (κ2) is 7.53. The molecule has 0 aromatic heterocycles. The minimum absolute atomic E-state index is 0.179. The quantitative estimate of drug-likeness (QED) is 0.720. The standard InChI is InChI=1S/C18H20BrNO/c1-14-7-9-15(10-8-14)13-20(2)12-11-18(21)16-5-3-4-6-17(16)19/h3-10H,11-13H2,1-2H3. The molecule has 0 aliphatic heterocycles. The van der Waals surface area contributed by atoms with Gasteiger partial charge < -0.3 is 4.90 Å². The highest BCUT2D eigenvalue weighted by Crippen LogP contribution is 2.17. The van der Waals surface area contributed by atoms with E-state index in [0.29, 0.717) is 6.42 Å². The predicted molar refractivity (Wildman–Crippen MR) is 90.6 cm³/mol. The van der Waals surface area contributed by atoms with Crippen molar-refractivity contribution in [3.8, 4) is 0 Å². The van der Waals surface area contributed by atoms with Gasteiger partial charge in [-0.3, -0.25) is 4.79 Å². The number of hydrogen-bond donors (Lipinski definition) is 0. The van der Waals surface area contributed by atoms with Crippen molar-refractivity contribution in [1.29, 1.82) is 0 Å². The molecule has 21 heavy (non-hydrogen) atoms. The number of Topliss-reactive ketones (excluding diaryl/α,β-unsaturated/α-hetero) is 1. The van der Waals surface area contributed by atoms with Crippen molar-refractivity contribution in [2.45, 2.75) is 19.9 Å². The molecular weight excluding hydrogens is 326 g/mol. The third-order valence-corrected chi connectivity index (χ3v) is 4.16. The molecule has 110 valence electrons. The van der Waals surface area contributed by atoms with Gasteiger partial charge in [0.15, 0.2) is 5.78 Å². The molecule has 0 unspecified atom stereocenters. The lowest BCUT2D eigenvalue weighted by Gasteiger charge is -2.16. The van der Waals surface area contributed by atoms with Crippen molar-refractivity contribution in [2.75, 3.05) is 13.6 Å². The van der Waals surface area contributed by atoms with Crippen LogP contribution in [0, 0.1) is 6.92 Å². The van der Waals surface area contributed by atoms with Crippen LogP contribution < -0.4 is 0 Å². The van der Waals surface area contributed by atoms with Crippen LogP contribution in [0.2, 0.25) is 0 Å². The topological polar surface area (TPSA) is 20.3 Å². The summed E-state index contributed by atoms with van der Waals surface area (Å²) in [5.41, 5.74) is 3.31. The first kappa shape index (κ1) is 15.9. The summed E-state index contributed by atoms with van der Waals surface area (Å²) >= 11 is 3.43. The zero-order chi connectivity index (χ0) is 15.2. The molecule has 2 aromatic rings. The molecule has 0 radical (unpaired) electrons. The first-order chi connectivity index (χ1) is 10.1. The van der Waals surface area contributed by atoms with E-state index in [0.717, 1.165) is 23.1 Å². The highest BCUT2D eigenvalue weighted by Gasteiger charge is 2.10. The Morgan fingerprint density at radius 3 is 2.43 bits per heavy atom. The molecule has 0 fully saturated rings. The van der Waals surface area contributed by atoms with E-state index in [2.05, 4.69) is 52.0 Å². The lowest BCUT2D eigenvalue weighted by Crippen LogP contribution is -2.21. The first-order valence-electron chi connectivity index (χ1n) is 7.08. The molecular formula is C18H20BrNO. The molecule has 0 saturated carbocycles. The summed E-state index contributed by atoms with van der Waals surface area (Å²) in [5.74, 6) is 0.179. The zero-order valence-electron chi connectivity index (χ0n) is 12.5. The lowest BCUT2D eigenvalue weighted by molar-refractivity contribution is 0.0967. The minimum atomic E-state index is 0.179. The van der Waals surface area contributed by atoms with Crippen molar-refractivity contribution < 1.29 is 4.79 Å². The van der Waals surface area contributed by atoms with Crippen LogP contribution in [0.5, 0.6) is 0 Å². The number of rotatable bonds is 6. The fourth-order valence-electron chi connectivity index (χ4n) is 2.20. The molecule has 0 aliphatic carbocycles. The van der Waals surface area contributed by atoms with E-state index in [9.17, 15) is 4.79 Å². The Morgan fingerprint density at radius 2 is 1.76 bits per heavy atom. The van der Waals surface area contributed by atoms with E-state index in [4.69, 9.17) is 0 Å². The number of benzene rings is 2. The van der Waals surface area contributed by atoms with Gasteiger partial charge in [0.1, 0.15) is 0 Å². The Morgan fingerprint density at radius 1 is 1.10 bits per heavy atom. The van der Waals surface area contributed by atoms with Crippen molar-refractivity contribution >= 4 is 21.7 Å². The van der Waals surface area contributed by atoms with Gasteiger partial charge in [0.2, 0.25) is 0 Å². The molecule has 0 amide bonds. The highest BCUT2D eigenvalue weighted by molar-refractivity contribution is 9.10. The summed E-state index contributed by atoms with van der Waals surface area (Å²) in [7, 11) is 2.05. The molecule has 0 N–H and O–H groups in total. The normalized spacial score (nSPS) is 10.9. The smallest absolute Gasteiger partial charge is 0.165 e. The summed E-state index contributed by atoms with van der Waals surface area (Å²) in [6.07, 6.45) is 0.533. The van der Waals surface area contributed by atoms with E-state index in [-0.39, 0.29) is 5.78 Å².